The Kier molecular flexibility index (Phi) is 7.00. The van der Waals surface area contributed by atoms with Crippen LogP contribution in [-0.2, 0) is 4.74 Å². The third-order valence-corrected chi connectivity index (χ3v) is 5.54. The van der Waals surface area contributed by atoms with Crippen molar-refractivity contribution in [3.63, 3.8) is 0 Å². The maximum Gasteiger partial charge on any atom is 0.407 e. The number of benzene rings is 2. The number of ether oxygens (including phenoxy) is 1. The van der Waals surface area contributed by atoms with E-state index in [1.165, 1.54) is 0 Å². The first-order chi connectivity index (χ1) is 15.6. The predicted octanol–water partition coefficient (Wildman–Crippen LogP) is 5.16. The van der Waals surface area contributed by atoms with Crippen LogP contribution in [0, 0.1) is 5.92 Å². The Morgan fingerprint density at radius 2 is 1.59 bits per heavy atom. The van der Waals surface area contributed by atoms with Crippen LogP contribution < -0.4 is 10.2 Å². The molecule has 166 valence electrons. The summed E-state index contributed by atoms with van der Waals surface area (Å²) in [6, 6.07) is 20.5. The monoisotopic (exact) mass is 430 g/mol. The fraction of sp³-hybridized carbons (Fsp3) is 0.346. The molecule has 0 spiro atoms. The maximum atomic E-state index is 12.0. The van der Waals surface area contributed by atoms with Gasteiger partial charge in [-0.3, -0.25) is 4.98 Å². The fourth-order valence-electron chi connectivity index (χ4n) is 3.84. The van der Waals surface area contributed by atoms with Crippen LogP contribution in [0.3, 0.4) is 0 Å². The molecule has 0 aliphatic carbocycles. The summed E-state index contributed by atoms with van der Waals surface area (Å²) in [5, 5.41) is 2.99. The number of amides is 1. The zero-order valence-corrected chi connectivity index (χ0v) is 18.7. The Bertz CT molecular complexity index is 1020. The molecule has 32 heavy (non-hydrogen) atoms. The molecule has 2 heterocycles. The largest absolute Gasteiger partial charge is 0.449 e. The van der Waals surface area contributed by atoms with Crippen LogP contribution in [0.15, 0.2) is 66.9 Å². The lowest BCUT2D eigenvalue weighted by molar-refractivity contribution is 0.128. The van der Waals surface area contributed by atoms with E-state index < -0.39 is 0 Å². The molecule has 1 N–H and O–H groups in total. The molecular weight excluding hydrogens is 400 g/mol. The zero-order chi connectivity index (χ0) is 22.3. The maximum absolute atomic E-state index is 12.0. The number of hydrogen-bond donors (Lipinski definition) is 1. The van der Waals surface area contributed by atoms with Crippen LogP contribution in [0.2, 0.25) is 0 Å². The lowest BCUT2D eigenvalue weighted by atomic mass is 10.0. The van der Waals surface area contributed by atoms with Gasteiger partial charge in [-0.25, -0.2) is 9.78 Å². The summed E-state index contributed by atoms with van der Waals surface area (Å²) >= 11 is 0. The second-order valence-corrected chi connectivity index (χ2v) is 8.56. The Morgan fingerprint density at radius 1 is 1.00 bits per heavy atom. The molecule has 1 aromatic heterocycles. The van der Waals surface area contributed by atoms with Crippen LogP contribution in [0.4, 0.5) is 10.6 Å². The molecule has 1 saturated heterocycles. The van der Waals surface area contributed by atoms with Crippen LogP contribution in [0.25, 0.3) is 22.5 Å². The van der Waals surface area contributed by atoms with E-state index in [9.17, 15) is 4.79 Å². The van der Waals surface area contributed by atoms with Gasteiger partial charge in [-0.1, -0.05) is 74.5 Å². The number of anilines is 1. The van der Waals surface area contributed by atoms with Gasteiger partial charge in [-0.05, 0) is 18.8 Å². The molecule has 1 aliphatic rings. The van der Waals surface area contributed by atoms with Crippen molar-refractivity contribution in [1.29, 1.82) is 0 Å². The van der Waals surface area contributed by atoms with E-state index in [1.807, 2.05) is 56.4 Å². The highest BCUT2D eigenvalue weighted by atomic mass is 16.5. The van der Waals surface area contributed by atoms with Crippen molar-refractivity contribution >= 4 is 11.9 Å². The zero-order valence-electron chi connectivity index (χ0n) is 18.7. The van der Waals surface area contributed by atoms with Crippen molar-refractivity contribution in [3.8, 4) is 22.5 Å². The summed E-state index contributed by atoms with van der Waals surface area (Å²) in [4.78, 5) is 24.1. The van der Waals surface area contributed by atoms with Crippen molar-refractivity contribution in [2.45, 2.75) is 32.7 Å². The Labute approximate surface area is 189 Å². The Hall–Kier alpha value is -3.41. The van der Waals surface area contributed by atoms with Gasteiger partial charge in [0, 0.05) is 30.3 Å². The molecule has 0 bridgehead atoms. The normalized spacial score (nSPS) is 14.4. The standard InChI is InChI=1S/C26H30N4O2/c1-19(2)18-32-26(31)28-22-13-15-30(16-14-22)23-17-27-24(20-9-5-3-6-10-20)25(29-23)21-11-7-4-8-12-21/h3-12,17,19,22H,13-16,18H2,1-2H3,(H,28,31). The van der Waals surface area contributed by atoms with E-state index in [0.29, 0.717) is 12.5 Å². The number of aromatic nitrogens is 2. The van der Waals surface area contributed by atoms with Crippen molar-refractivity contribution in [3.05, 3.63) is 66.9 Å². The highest BCUT2D eigenvalue weighted by Gasteiger charge is 2.23. The van der Waals surface area contributed by atoms with Gasteiger partial charge < -0.3 is 15.0 Å². The van der Waals surface area contributed by atoms with E-state index in [0.717, 1.165) is 54.3 Å². The number of carbonyl (C=O) groups excluding carboxylic acids is 1. The lowest BCUT2D eigenvalue weighted by Gasteiger charge is -2.33. The van der Waals surface area contributed by atoms with E-state index in [-0.39, 0.29) is 12.1 Å². The van der Waals surface area contributed by atoms with Gasteiger partial charge in [0.05, 0.1) is 24.2 Å². The molecule has 4 rings (SSSR count). The molecule has 0 radical (unpaired) electrons. The summed E-state index contributed by atoms with van der Waals surface area (Å²) < 4.78 is 5.25. The molecule has 0 saturated carbocycles. The molecule has 1 amide bonds. The molecule has 1 aliphatic heterocycles. The number of rotatable bonds is 6. The first kappa shape index (κ1) is 21.8. The van der Waals surface area contributed by atoms with E-state index in [2.05, 4.69) is 34.5 Å². The van der Waals surface area contributed by atoms with E-state index in [4.69, 9.17) is 14.7 Å². The highest BCUT2D eigenvalue weighted by Crippen LogP contribution is 2.31. The van der Waals surface area contributed by atoms with Gasteiger partial charge in [0.25, 0.3) is 0 Å². The fourth-order valence-corrected chi connectivity index (χ4v) is 3.84. The summed E-state index contributed by atoms with van der Waals surface area (Å²) in [5.74, 6) is 1.20. The van der Waals surface area contributed by atoms with E-state index >= 15 is 0 Å². The molecular formula is C26H30N4O2. The Morgan fingerprint density at radius 3 is 2.19 bits per heavy atom. The summed E-state index contributed by atoms with van der Waals surface area (Å²) in [6.07, 6.45) is 3.23. The molecule has 0 unspecified atom stereocenters. The molecule has 6 heteroatoms. The molecule has 3 aromatic rings. The minimum Gasteiger partial charge on any atom is -0.449 e. The minimum atomic E-state index is -0.324. The number of piperidine rings is 1. The summed E-state index contributed by atoms with van der Waals surface area (Å²) in [7, 11) is 0. The first-order valence-electron chi connectivity index (χ1n) is 11.3. The third-order valence-electron chi connectivity index (χ3n) is 5.54. The van der Waals surface area contributed by atoms with Gasteiger partial charge in [-0.15, -0.1) is 0 Å². The average molecular weight is 431 g/mol. The molecule has 1 fully saturated rings. The van der Waals surface area contributed by atoms with Crippen LogP contribution in [-0.4, -0.2) is 41.8 Å². The first-order valence-corrected chi connectivity index (χ1v) is 11.3. The van der Waals surface area contributed by atoms with Gasteiger partial charge in [-0.2, -0.15) is 0 Å². The van der Waals surface area contributed by atoms with E-state index in [1.54, 1.807) is 0 Å². The van der Waals surface area contributed by atoms with Crippen LogP contribution in [0.5, 0.6) is 0 Å². The SMILES string of the molecule is CC(C)COC(=O)NC1CCN(c2cnc(-c3ccccc3)c(-c3ccccc3)n2)CC1. The minimum absolute atomic E-state index is 0.121. The summed E-state index contributed by atoms with van der Waals surface area (Å²) in [5.41, 5.74) is 3.86. The lowest BCUT2D eigenvalue weighted by Crippen LogP contribution is -2.45. The second kappa shape index (κ2) is 10.3. The van der Waals surface area contributed by atoms with Crippen LogP contribution in [0.1, 0.15) is 26.7 Å². The van der Waals surface area contributed by atoms with Gasteiger partial charge in [0.1, 0.15) is 5.82 Å². The average Bonchev–Trinajstić information content (AvgIpc) is 2.84. The summed E-state index contributed by atoms with van der Waals surface area (Å²) in [6.45, 7) is 6.11. The van der Waals surface area contributed by atoms with Gasteiger partial charge >= 0.3 is 6.09 Å². The smallest absolute Gasteiger partial charge is 0.407 e. The van der Waals surface area contributed by atoms with Crippen molar-refractivity contribution in [2.75, 3.05) is 24.6 Å². The highest BCUT2D eigenvalue weighted by molar-refractivity contribution is 5.78. The quantitative estimate of drug-likeness (QED) is 0.585. The van der Waals surface area contributed by atoms with Crippen molar-refractivity contribution < 1.29 is 9.53 Å². The number of alkyl carbamates (subject to hydrolysis) is 1. The van der Waals surface area contributed by atoms with Crippen molar-refractivity contribution in [2.24, 2.45) is 5.92 Å². The Balaban J connectivity index is 1.49. The molecule has 0 atom stereocenters. The number of nitrogens with zero attached hydrogens (tertiary/aromatic N) is 3. The van der Waals surface area contributed by atoms with Crippen molar-refractivity contribution in [1.82, 2.24) is 15.3 Å². The van der Waals surface area contributed by atoms with Gasteiger partial charge in [0.15, 0.2) is 0 Å². The second-order valence-electron chi connectivity index (χ2n) is 8.56. The third kappa shape index (κ3) is 5.44. The topological polar surface area (TPSA) is 67.3 Å². The van der Waals surface area contributed by atoms with Crippen LogP contribution >= 0.6 is 0 Å². The molecule has 2 aromatic carbocycles. The number of carbonyl (C=O) groups is 1. The van der Waals surface area contributed by atoms with Gasteiger partial charge in [0.2, 0.25) is 0 Å². The number of hydrogen-bond acceptors (Lipinski definition) is 5. The predicted molar refractivity (Wildman–Crippen MR) is 127 cm³/mol. The number of nitrogens with one attached hydrogen (secondary N) is 1. The molecule has 6 nitrogen and oxygen atoms in total.